The molecule has 0 aliphatic rings. The number of carbonyl (C=O) groups is 1. The van der Waals surface area contributed by atoms with Crippen molar-refractivity contribution in [1.82, 2.24) is 19.6 Å². The SMILES string of the molecule is Cc1nn(-c2ccc(F)cc2)c(C)c1CC(=O)Nc1c(C)nn(-c2ccccc2)c1C. The number of anilines is 1. The van der Waals surface area contributed by atoms with Crippen LogP contribution < -0.4 is 5.32 Å². The molecule has 0 aliphatic heterocycles. The summed E-state index contributed by atoms with van der Waals surface area (Å²) in [6.07, 6.45) is 0.189. The molecule has 4 aromatic rings. The summed E-state index contributed by atoms with van der Waals surface area (Å²) in [7, 11) is 0. The predicted molar refractivity (Wildman–Crippen MR) is 118 cm³/mol. The van der Waals surface area contributed by atoms with Crippen LogP contribution in [0.3, 0.4) is 0 Å². The highest BCUT2D eigenvalue weighted by Crippen LogP contribution is 2.24. The number of aryl methyl sites for hydroxylation is 2. The van der Waals surface area contributed by atoms with Crippen molar-refractivity contribution < 1.29 is 9.18 Å². The van der Waals surface area contributed by atoms with Crippen molar-refractivity contribution in [3.05, 3.63) is 88.8 Å². The molecule has 0 saturated carbocycles. The van der Waals surface area contributed by atoms with Crippen molar-refractivity contribution in [2.75, 3.05) is 5.32 Å². The molecular weight excluding hydrogens is 393 g/mol. The normalized spacial score (nSPS) is 11.0. The van der Waals surface area contributed by atoms with Crippen LogP contribution in [-0.2, 0) is 11.2 Å². The van der Waals surface area contributed by atoms with Crippen molar-refractivity contribution in [3.8, 4) is 11.4 Å². The van der Waals surface area contributed by atoms with Crippen LogP contribution in [0, 0.1) is 33.5 Å². The van der Waals surface area contributed by atoms with Crippen LogP contribution in [0.5, 0.6) is 0 Å². The number of benzene rings is 2. The highest BCUT2D eigenvalue weighted by molar-refractivity contribution is 5.93. The van der Waals surface area contributed by atoms with Crippen molar-refractivity contribution in [2.24, 2.45) is 0 Å². The van der Waals surface area contributed by atoms with E-state index in [2.05, 4.69) is 15.5 Å². The van der Waals surface area contributed by atoms with E-state index in [-0.39, 0.29) is 18.1 Å². The number of aromatic nitrogens is 4. The number of rotatable bonds is 5. The van der Waals surface area contributed by atoms with Gasteiger partial charge < -0.3 is 5.32 Å². The molecule has 4 rings (SSSR count). The maximum Gasteiger partial charge on any atom is 0.229 e. The molecule has 2 aromatic carbocycles. The second kappa shape index (κ2) is 8.18. The summed E-state index contributed by atoms with van der Waals surface area (Å²) in [5, 5.41) is 12.1. The number of nitrogens with one attached hydrogen (secondary N) is 1. The van der Waals surface area contributed by atoms with E-state index in [1.807, 2.05) is 62.7 Å². The average molecular weight is 417 g/mol. The van der Waals surface area contributed by atoms with Gasteiger partial charge in [0, 0.05) is 11.3 Å². The Morgan fingerprint density at radius 2 is 1.42 bits per heavy atom. The molecular formula is C24H24FN5O. The van der Waals surface area contributed by atoms with Gasteiger partial charge >= 0.3 is 0 Å². The zero-order valence-electron chi connectivity index (χ0n) is 18.0. The van der Waals surface area contributed by atoms with Gasteiger partial charge in [0.25, 0.3) is 0 Å². The molecule has 7 heteroatoms. The molecule has 0 radical (unpaired) electrons. The van der Waals surface area contributed by atoms with Crippen LogP contribution in [0.1, 0.15) is 28.3 Å². The third-order valence-electron chi connectivity index (χ3n) is 5.41. The van der Waals surface area contributed by atoms with Crippen molar-refractivity contribution in [3.63, 3.8) is 0 Å². The smallest absolute Gasteiger partial charge is 0.229 e. The number of amides is 1. The molecule has 0 atom stereocenters. The molecule has 2 heterocycles. The molecule has 2 aromatic heterocycles. The van der Waals surface area contributed by atoms with E-state index >= 15 is 0 Å². The van der Waals surface area contributed by atoms with Crippen molar-refractivity contribution >= 4 is 11.6 Å². The molecule has 1 N–H and O–H groups in total. The van der Waals surface area contributed by atoms with E-state index in [9.17, 15) is 9.18 Å². The summed E-state index contributed by atoms with van der Waals surface area (Å²) in [6, 6.07) is 15.9. The van der Waals surface area contributed by atoms with Crippen LogP contribution in [0.15, 0.2) is 54.6 Å². The minimum atomic E-state index is -0.299. The van der Waals surface area contributed by atoms with E-state index in [1.165, 1.54) is 12.1 Å². The summed E-state index contributed by atoms with van der Waals surface area (Å²) >= 11 is 0. The van der Waals surface area contributed by atoms with Gasteiger partial charge in [-0.2, -0.15) is 10.2 Å². The first kappa shape index (κ1) is 20.5. The lowest BCUT2D eigenvalue weighted by atomic mass is 10.1. The van der Waals surface area contributed by atoms with Crippen molar-refractivity contribution in [2.45, 2.75) is 34.1 Å². The van der Waals surface area contributed by atoms with Gasteiger partial charge in [0.15, 0.2) is 0 Å². The van der Waals surface area contributed by atoms with Gasteiger partial charge in [-0.1, -0.05) is 18.2 Å². The molecule has 0 fully saturated rings. The first-order valence-corrected chi connectivity index (χ1v) is 10.1. The second-order valence-corrected chi connectivity index (χ2v) is 7.56. The maximum absolute atomic E-state index is 13.3. The minimum absolute atomic E-state index is 0.135. The number of hydrogen-bond donors (Lipinski definition) is 1. The summed E-state index contributed by atoms with van der Waals surface area (Å²) in [5.74, 6) is -0.435. The molecule has 6 nitrogen and oxygen atoms in total. The highest BCUT2D eigenvalue weighted by Gasteiger charge is 2.19. The fourth-order valence-electron chi connectivity index (χ4n) is 3.75. The topological polar surface area (TPSA) is 64.7 Å². The van der Waals surface area contributed by atoms with Crippen LogP contribution >= 0.6 is 0 Å². The summed E-state index contributed by atoms with van der Waals surface area (Å²) < 4.78 is 16.8. The lowest BCUT2D eigenvalue weighted by Gasteiger charge is -2.08. The molecule has 158 valence electrons. The Labute approximate surface area is 180 Å². The van der Waals surface area contributed by atoms with Crippen LogP contribution in [0.2, 0.25) is 0 Å². The summed E-state index contributed by atoms with van der Waals surface area (Å²) in [4.78, 5) is 12.9. The van der Waals surface area contributed by atoms with Gasteiger partial charge in [-0.05, 0) is 64.1 Å². The Kier molecular flexibility index (Phi) is 5.42. The van der Waals surface area contributed by atoms with E-state index in [4.69, 9.17) is 0 Å². The minimum Gasteiger partial charge on any atom is -0.323 e. The number of para-hydroxylation sites is 1. The van der Waals surface area contributed by atoms with Gasteiger partial charge in [0.1, 0.15) is 5.82 Å². The van der Waals surface area contributed by atoms with Gasteiger partial charge in [0.2, 0.25) is 5.91 Å². The van der Waals surface area contributed by atoms with Gasteiger partial charge in [-0.25, -0.2) is 13.8 Å². The predicted octanol–water partition coefficient (Wildman–Crippen LogP) is 4.61. The fraction of sp³-hybridized carbons (Fsp3) is 0.208. The molecule has 0 aliphatic carbocycles. The standard InChI is InChI=1S/C24H24FN5O/c1-15-22(17(3)29(27-15)21-12-10-19(25)11-13-21)14-23(31)26-24-16(2)28-30(18(24)4)20-8-6-5-7-9-20/h5-13H,14H2,1-4H3,(H,26,31). The molecule has 0 bridgehead atoms. The monoisotopic (exact) mass is 417 g/mol. The average Bonchev–Trinajstić information content (AvgIpc) is 3.20. The second-order valence-electron chi connectivity index (χ2n) is 7.56. The van der Waals surface area contributed by atoms with E-state index in [0.29, 0.717) is 0 Å². The van der Waals surface area contributed by atoms with Crippen LogP contribution in [0.4, 0.5) is 10.1 Å². The van der Waals surface area contributed by atoms with Gasteiger partial charge in [0.05, 0.1) is 40.6 Å². The Morgan fingerprint density at radius 1 is 0.839 bits per heavy atom. The molecule has 0 unspecified atom stereocenters. The number of hydrogen-bond acceptors (Lipinski definition) is 3. The maximum atomic E-state index is 13.3. The number of nitrogens with zero attached hydrogens (tertiary/aromatic N) is 4. The van der Waals surface area contributed by atoms with E-state index < -0.39 is 0 Å². The Bertz CT molecular complexity index is 1240. The third-order valence-corrected chi connectivity index (χ3v) is 5.41. The molecule has 1 amide bonds. The van der Waals surface area contributed by atoms with Gasteiger partial charge in [-0.3, -0.25) is 4.79 Å². The van der Waals surface area contributed by atoms with Crippen LogP contribution in [-0.4, -0.2) is 25.5 Å². The first-order valence-electron chi connectivity index (χ1n) is 10.1. The Hall–Kier alpha value is -3.74. The van der Waals surface area contributed by atoms with Crippen molar-refractivity contribution in [1.29, 1.82) is 0 Å². The lowest BCUT2D eigenvalue weighted by molar-refractivity contribution is -0.115. The van der Waals surface area contributed by atoms with E-state index in [1.54, 1.807) is 16.8 Å². The Morgan fingerprint density at radius 3 is 2.10 bits per heavy atom. The summed E-state index contributed by atoms with van der Waals surface area (Å²) in [5.41, 5.74) is 6.51. The number of carbonyl (C=O) groups excluding carboxylic acids is 1. The summed E-state index contributed by atoms with van der Waals surface area (Å²) in [6.45, 7) is 7.60. The third kappa shape index (κ3) is 3.99. The fourth-order valence-corrected chi connectivity index (χ4v) is 3.75. The quantitative estimate of drug-likeness (QED) is 0.516. The highest BCUT2D eigenvalue weighted by atomic mass is 19.1. The molecule has 31 heavy (non-hydrogen) atoms. The molecule has 0 spiro atoms. The Balaban J connectivity index is 1.56. The van der Waals surface area contributed by atoms with E-state index in [0.717, 1.165) is 45.4 Å². The largest absolute Gasteiger partial charge is 0.323 e. The van der Waals surface area contributed by atoms with Crippen LogP contribution in [0.25, 0.3) is 11.4 Å². The molecule has 0 saturated heterocycles. The van der Waals surface area contributed by atoms with Gasteiger partial charge in [-0.15, -0.1) is 0 Å². The number of halogens is 1. The zero-order chi connectivity index (χ0) is 22.1. The lowest BCUT2D eigenvalue weighted by Crippen LogP contribution is -2.16. The first-order chi connectivity index (χ1) is 14.8. The zero-order valence-corrected chi connectivity index (χ0v) is 18.0.